The first-order valence-corrected chi connectivity index (χ1v) is 7.43. The van der Waals surface area contributed by atoms with E-state index >= 15 is 0 Å². The van der Waals surface area contributed by atoms with Gasteiger partial charge >= 0.3 is 0 Å². The molecule has 0 fully saturated rings. The summed E-state index contributed by atoms with van der Waals surface area (Å²) in [5, 5.41) is 1.01. The predicted molar refractivity (Wildman–Crippen MR) is 73.3 cm³/mol. The molecule has 0 aliphatic rings. The summed E-state index contributed by atoms with van der Waals surface area (Å²) in [5.41, 5.74) is 0.304. The lowest BCUT2D eigenvalue weighted by atomic mass is 9.86. The highest BCUT2D eigenvalue weighted by atomic mass is 79.9. The molecule has 0 aliphatic carbocycles. The van der Waals surface area contributed by atoms with Crippen molar-refractivity contribution in [3.05, 3.63) is 0 Å². The number of ether oxygens (including phenoxy) is 2. The van der Waals surface area contributed by atoms with Crippen molar-refractivity contribution in [3.63, 3.8) is 0 Å². The van der Waals surface area contributed by atoms with Gasteiger partial charge in [-0.25, -0.2) is 0 Å². The van der Waals surface area contributed by atoms with Crippen molar-refractivity contribution >= 4 is 15.9 Å². The van der Waals surface area contributed by atoms with Crippen LogP contribution >= 0.6 is 15.9 Å². The second-order valence-corrected chi connectivity index (χ2v) is 5.42. The maximum absolute atomic E-state index is 5.70. The van der Waals surface area contributed by atoms with Crippen LogP contribution in [-0.2, 0) is 9.47 Å². The Morgan fingerprint density at radius 1 is 1.06 bits per heavy atom. The van der Waals surface area contributed by atoms with Gasteiger partial charge in [-0.05, 0) is 18.8 Å². The van der Waals surface area contributed by atoms with E-state index in [2.05, 4.69) is 43.6 Å². The Morgan fingerprint density at radius 2 is 1.62 bits per heavy atom. The van der Waals surface area contributed by atoms with Crippen LogP contribution in [0.5, 0.6) is 0 Å². The highest BCUT2D eigenvalue weighted by Gasteiger charge is 2.24. The molecule has 16 heavy (non-hydrogen) atoms. The zero-order chi connectivity index (χ0) is 12.4. The summed E-state index contributed by atoms with van der Waals surface area (Å²) in [5.74, 6) is 0.605. The van der Waals surface area contributed by atoms with Gasteiger partial charge in [0.25, 0.3) is 0 Å². The maximum atomic E-state index is 5.70. The maximum Gasteiger partial charge on any atom is 0.0700 e. The molecule has 0 amide bonds. The fraction of sp³-hybridized carbons (Fsp3) is 1.00. The molecule has 2 nitrogen and oxygen atoms in total. The van der Waals surface area contributed by atoms with Crippen LogP contribution < -0.4 is 0 Å². The summed E-state index contributed by atoms with van der Waals surface area (Å²) in [6.45, 7) is 11.8. The molecular formula is C13H27BrO2. The third kappa shape index (κ3) is 6.87. The van der Waals surface area contributed by atoms with Crippen molar-refractivity contribution in [1.29, 1.82) is 0 Å². The molecule has 0 heterocycles. The molecule has 0 aromatic rings. The Labute approximate surface area is 109 Å². The first kappa shape index (κ1) is 16.4. The fourth-order valence-corrected chi connectivity index (χ4v) is 2.36. The zero-order valence-electron chi connectivity index (χ0n) is 11.2. The third-order valence-electron chi connectivity index (χ3n) is 3.01. The van der Waals surface area contributed by atoms with Gasteiger partial charge in [-0.3, -0.25) is 0 Å². The van der Waals surface area contributed by atoms with Gasteiger partial charge in [0.05, 0.1) is 19.8 Å². The second-order valence-electron chi connectivity index (χ2n) is 4.86. The van der Waals surface area contributed by atoms with Crippen molar-refractivity contribution in [1.82, 2.24) is 0 Å². The molecule has 0 unspecified atom stereocenters. The summed E-state index contributed by atoms with van der Waals surface area (Å²) >= 11 is 3.58. The third-order valence-corrected chi connectivity index (χ3v) is 4.20. The molecule has 0 saturated carbocycles. The Kier molecular flexibility index (Phi) is 9.67. The normalized spacial score (nSPS) is 12.4. The van der Waals surface area contributed by atoms with Crippen LogP contribution in [0.15, 0.2) is 0 Å². The summed E-state index contributed by atoms with van der Waals surface area (Å²) in [6.07, 6.45) is 2.31. The van der Waals surface area contributed by atoms with E-state index in [1.54, 1.807) is 0 Å². The molecule has 0 bridgehead atoms. The van der Waals surface area contributed by atoms with Crippen LogP contribution in [0, 0.1) is 11.3 Å². The number of hydrogen-bond acceptors (Lipinski definition) is 2. The summed E-state index contributed by atoms with van der Waals surface area (Å²) < 4.78 is 11.2. The lowest BCUT2D eigenvalue weighted by Crippen LogP contribution is -2.28. The molecule has 0 saturated heterocycles. The Hall–Kier alpha value is 0.400. The number of rotatable bonds is 10. The van der Waals surface area contributed by atoms with Crippen LogP contribution in [0.3, 0.4) is 0 Å². The van der Waals surface area contributed by atoms with Crippen molar-refractivity contribution in [3.8, 4) is 0 Å². The van der Waals surface area contributed by atoms with Crippen LogP contribution in [0.4, 0.5) is 0 Å². The summed E-state index contributed by atoms with van der Waals surface area (Å²) in [4.78, 5) is 0. The highest BCUT2D eigenvalue weighted by molar-refractivity contribution is 9.09. The van der Waals surface area contributed by atoms with Crippen LogP contribution in [0.1, 0.15) is 40.5 Å². The molecule has 0 N–H and O–H groups in total. The average Bonchev–Trinajstić information content (AvgIpc) is 2.29. The van der Waals surface area contributed by atoms with Crippen LogP contribution in [0.25, 0.3) is 0 Å². The van der Waals surface area contributed by atoms with E-state index in [1.807, 2.05) is 0 Å². The molecule has 0 rings (SSSR count). The minimum atomic E-state index is 0.304. The van der Waals surface area contributed by atoms with Crippen molar-refractivity contribution in [2.45, 2.75) is 40.5 Å². The number of hydrogen-bond donors (Lipinski definition) is 0. The predicted octanol–water partition coefficient (Wildman–Crippen LogP) is 3.88. The fourth-order valence-electron chi connectivity index (χ4n) is 1.41. The zero-order valence-corrected chi connectivity index (χ0v) is 12.8. The molecule has 0 aromatic heterocycles. The Balaban J connectivity index is 3.55. The van der Waals surface area contributed by atoms with Gasteiger partial charge < -0.3 is 9.47 Å². The number of alkyl halides is 1. The molecule has 0 atom stereocenters. The van der Waals surface area contributed by atoms with E-state index in [1.165, 1.54) is 0 Å². The standard InChI is InChI=1S/C13H27BrO2/c1-5-13(6-2,10-14)11-16-8-7-15-9-12(3)4/h12H,5-11H2,1-4H3. The molecule has 3 heteroatoms. The SMILES string of the molecule is CCC(CC)(CBr)COCCOCC(C)C. The van der Waals surface area contributed by atoms with Crippen molar-refractivity contribution in [2.75, 3.05) is 31.8 Å². The van der Waals surface area contributed by atoms with Gasteiger partial charge in [-0.15, -0.1) is 0 Å². The van der Waals surface area contributed by atoms with E-state index in [4.69, 9.17) is 9.47 Å². The lowest BCUT2D eigenvalue weighted by Gasteiger charge is -2.29. The van der Waals surface area contributed by atoms with E-state index in [9.17, 15) is 0 Å². The monoisotopic (exact) mass is 294 g/mol. The Morgan fingerprint density at radius 3 is 2.06 bits per heavy atom. The van der Waals surface area contributed by atoms with Gasteiger partial charge in [0.15, 0.2) is 0 Å². The van der Waals surface area contributed by atoms with E-state index < -0.39 is 0 Å². The minimum Gasteiger partial charge on any atom is -0.379 e. The van der Waals surface area contributed by atoms with E-state index in [0.717, 1.165) is 31.4 Å². The minimum absolute atomic E-state index is 0.304. The molecular weight excluding hydrogens is 268 g/mol. The van der Waals surface area contributed by atoms with Crippen molar-refractivity contribution < 1.29 is 9.47 Å². The van der Waals surface area contributed by atoms with Gasteiger partial charge in [-0.1, -0.05) is 43.6 Å². The average molecular weight is 295 g/mol. The Bertz CT molecular complexity index is 148. The largest absolute Gasteiger partial charge is 0.379 e. The first-order chi connectivity index (χ1) is 7.60. The highest BCUT2D eigenvalue weighted by Crippen LogP contribution is 2.28. The molecule has 0 radical (unpaired) electrons. The van der Waals surface area contributed by atoms with Crippen LogP contribution in [-0.4, -0.2) is 31.8 Å². The first-order valence-electron chi connectivity index (χ1n) is 6.31. The topological polar surface area (TPSA) is 18.5 Å². The summed E-state index contributed by atoms with van der Waals surface area (Å²) in [6, 6.07) is 0. The molecule has 0 aromatic carbocycles. The number of halogens is 1. The molecule has 0 aliphatic heterocycles. The van der Waals surface area contributed by atoms with Gasteiger partial charge in [0.1, 0.15) is 0 Å². The van der Waals surface area contributed by atoms with Crippen molar-refractivity contribution in [2.24, 2.45) is 11.3 Å². The molecule has 98 valence electrons. The van der Waals surface area contributed by atoms with E-state index in [0.29, 0.717) is 24.5 Å². The van der Waals surface area contributed by atoms with E-state index in [-0.39, 0.29) is 0 Å². The molecule has 0 spiro atoms. The smallest absolute Gasteiger partial charge is 0.0700 e. The van der Waals surface area contributed by atoms with Gasteiger partial charge in [0, 0.05) is 17.4 Å². The van der Waals surface area contributed by atoms with Gasteiger partial charge in [0.2, 0.25) is 0 Å². The second kappa shape index (κ2) is 9.43. The quantitative estimate of drug-likeness (QED) is 0.450. The lowest BCUT2D eigenvalue weighted by molar-refractivity contribution is 0.00390. The van der Waals surface area contributed by atoms with Crippen LogP contribution in [0.2, 0.25) is 0 Å². The van der Waals surface area contributed by atoms with Gasteiger partial charge in [-0.2, -0.15) is 0 Å². The summed E-state index contributed by atoms with van der Waals surface area (Å²) in [7, 11) is 0.